The molecule has 0 spiro atoms. The molecule has 0 aliphatic carbocycles. The molecular formula is C19H30N3O8S+. The molecule has 1 atom stereocenters. The largest absolute Gasteiger partial charge is 0.508 e. The number of aliphatic hydroxyl groups is 1. The van der Waals surface area contributed by atoms with Crippen molar-refractivity contribution in [2.24, 2.45) is 5.41 Å². The number of imidazole rings is 1. The van der Waals surface area contributed by atoms with Crippen molar-refractivity contribution >= 4 is 22.2 Å². The lowest BCUT2D eigenvalue weighted by molar-refractivity contribution is -0.696. The second-order valence-electron chi connectivity index (χ2n) is 7.20. The zero-order chi connectivity index (χ0) is 23.3. The Morgan fingerprint density at radius 3 is 2.71 bits per heavy atom. The van der Waals surface area contributed by atoms with Gasteiger partial charge in [-0.15, -0.1) is 12.3 Å². The summed E-state index contributed by atoms with van der Waals surface area (Å²) in [7, 11) is -3.96. The molecule has 0 aromatic carbocycles. The van der Waals surface area contributed by atoms with E-state index in [-0.39, 0.29) is 25.4 Å². The third-order valence-corrected chi connectivity index (χ3v) is 5.12. The average Bonchev–Trinajstić information content (AvgIpc) is 3.16. The van der Waals surface area contributed by atoms with Crippen molar-refractivity contribution in [2.75, 3.05) is 32.1 Å². The van der Waals surface area contributed by atoms with Gasteiger partial charge in [0.15, 0.2) is 0 Å². The number of amides is 1. The van der Waals surface area contributed by atoms with E-state index in [0.717, 1.165) is 0 Å². The molecule has 1 unspecified atom stereocenters. The van der Waals surface area contributed by atoms with Crippen molar-refractivity contribution in [2.45, 2.75) is 39.3 Å². The minimum atomic E-state index is -3.96. The van der Waals surface area contributed by atoms with Gasteiger partial charge in [0.05, 0.1) is 25.4 Å². The van der Waals surface area contributed by atoms with Gasteiger partial charge >= 0.3 is 6.16 Å². The minimum Gasteiger partial charge on any atom is -0.433 e. The molecule has 0 saturated heterocycles. The molecular weight excluding hydrogens is 430 g/mol. The Balaban J connectivity index is 2.34. The molecule has 174 valence electrons. The summed E-state index contributed by atoms with van der Waals surface area (Å²) < 4.78 is 43.5. The van der Waals surface area contributed by atoms with Crippen LogP contribution in [-0.4, -0.2) is 66.8 Å². The molecule has 1 amide bonds. The summed E-state index contributed by atoms with van der Waals surface area (Å²) in [6.45, 7) is 2.00. The van der Waals surface area contributed by atoms with Gasteiger partial charge in [-0.2, -0.15) is 8.42 Å². The zero-order valence-corrected chi connectivity index (χ0v) is 18.3. The topological polar surface area (TPSA) is 148 Å². The first-order valence-corrected chi connectivity index (χ1v) is 11.3. The van der Waals surface area contributed by atoms with Crippen molar-refractivity contribution in [3.8, 4) is 12.3 Å². The van der Waals surface area contributed by atoms with E-state index >= 15 is 0 Å². The van der Waals surface area contributed by atoms with Gasteiger partial charge in [0.1, 0.15) is 31.0 Å². The molecule has 0 aliphatic heterocycles. The average molecular weight is 461 g/mol. The number of hydrogen-bond donors (Lipinski definition) is 3. The Morgan fingerprint density at radius 1 is 1.32 bits per heavy atom. The van der Waals surface area contributed by atoms with E-state index in [0.29, 0.717) is 32.5 Å². The highest BCUT2D eigenvalue weighted by Crippen LogP contribution is 2.16. The van der Waals surface area contributed by atoms with Gasteiger partial charge in [-0.3, -0.25) is 9.35 Å². The van der Waals surface area contributed by atoms with Gasteiger partial charge in [-0.1, -0.05) is 0 Å². The number of rotatable bonds is 14. The van der Waals surface area contributed by atoms with Crippen LogP contribution in [0.3, 0.4) is 0 Å². The third kappa shape index (κ3) is 10.8. The Bertz CT molecular complexity index is 862. The van der Waals surface area contributed by atoms with Crippen LogP contribution in [0, 0.1) is 17.8 Å². The number of carbonyl (C=O) groups excluding carboxylic acids is 2. The van der Waals surface area contributed by atoms with E-state index in [4.69, 9.17) is 20.4 Å². The molecule has 0 aliphatic rings. The highest BCUT2D eigenvalue weighted by molar-refractivity contribution is 7.85. The number of terminal acetylenes is 1. The molecule has 1 aromatic heterocycles. The molecule has 12 heteroatoms. The molecule has 0 saturated carbocycles. The standard InChI is InChI=1S/C19H29N3O8S/c1-3-4-12-29-18(25)30-15-19(2,14-23)17(24)20-7-5-8-21-10-11-22(16-21)9-6-13-31(26,27)28/h1,10-11,16,23H,4-9,12-15H2,2H3,(H-,20,24,26,27,28)/p+1. The van der Waals surface area contributed by atoms with E-state index in [1.165, 1.54) is 6.92 Å². The SMILES string of the molecule is C#CCCOC(=O)OCC(C)(CO)C(=O)NCCCn1cc[n+](CCCS(=O)(=O)O)c1. The third-order valence-electron chi connectivity index (χ3n) is 4.32. The van der Waals surface area contributed by atoms with Crippen molar-refractivity contribution < 1.29 is 41.7 Å². The van der Waals surface area contributed by atoms with Crippen LogP contribution >= 0.6 is 0 Å². The molecule has 0 radical (unpaired) electrons. The maximum Gasteiger partial charge on any atom is 0.508 e. The van der Waals surface area contributed by atoms with Crippen LogP contribution in [-0.2, 0) is 37.5 Å². The van der Waals surface area contributed by atoms with E-state index in [1.54, 1.807) is 17.1 Å². The minimum absolute atomic E-state index is 0.0112. The fourth-order valence-electron chi connectivity index (χ4n) is 2.45. The highest BCUT2D eigenvalue weighted by atomic mass is 32.2. The van der Waals surface area contributed by atoms with Gasteiger partial charge < -0.3 is 19.9 Å². The number of nitrogens with one attached hydrogen (secondary N) is 1. The normalized spacial score (nSPS) is 13.1. The van der Waals surface area contributed by atoms with Crippen molar-refractivity contribution in [3.05, 3.63) is 18.7 Å². The molecule has 1 rings (SSSR count). The number of hydrogen-bond acceptors (Lipinski definition) is 7. The van der Waals surface area contributed by atoms with Crippen LogP contribution < -0.4 is 9.88 Å². The fraction of sp³-hybridized carbons (Fsp3) is 0.632. The number of aryl methyl sites for hydroxylation is 2. The van der Waals surface area contributed by atoms with Crippen LogP contribution in [0.5, 0.6) is 0 Å². The maximum absolute atomic E-state index is 12.4. The number of nitrogens with zero attached hydrogens (tertiary/aromatic N) is 2. The van der Waals surface area contributed by atoms with Gasteiger partial charge in [0, 0.05) is 25.8 Å². The lowest BCUT2D eigenvalue weighted by atomic mass is 9.92. The van der Waals surface area contributed by atoms with E-state index in [9.17, 15) is 23.1 Å². The first kappa shape index (κ1) is 26.4. The Hall–Kier alpha value is -2.62. The molecule has 1 heterocycles. The first-order chi connectivity index (χ1) is 14.6. The summed E-state index contributed by atoms with van der Waals surface area (Å²) in [4.78, 5) is 23.8. The molecule has 3 N–H and O–H groups in total. The van der Waals surface area contributed by atoms with Crippen LogP contribution in [0.2, 0.25) is 0 Å². The summed E-state index contributed by atoms with van der Waals surface area (Å²) in [5.74, 6) is 1.55. The van der Waals surface area contributed by atoms with Crippen molar-refractivity contribution in [1.82, 2.24) is 9.88 Å². The summed E-state index contributed by atoms with van der Waals surface area (Å²) in [5.41, 5.74) is -1.31. The lowest BCUT2D eigenvalue weighted by Gasteiger charge is -2.25. The van der Waals surface area contributed by atoms with Gasteiger partial charge in [-0.05, 0) is 6.92 Å². The second kappa shape index (κ2) is 12.9. The summed E-state index contributed by atoms with van der Waals surface area (Å²) in [5, 5.41) is 12.3. The number of aromatic nitrogens is 2. The molecule has 11 nitrogen and oxygen atoms in total. The molecule has 31 heavy (non-hydrogen) atoms. The van der Waals surface area contributed by atoms with Gasteiger partial charge in [-0.25, -0.2) is 13.9 Å². The highest BCUT2D eigenvalue weighted by Gasteiger charge is 2.34. The van der Waals surface area contributed by atoms with Crippen molar-refractivity contribution in [1.29, 1.82) is 0 Å². The Kier molecular flexibility index (Phi) is 11.0. The Morgan fingerprint density at radius 2 is 2.06 bits per heavy atom. The summed E-state index contributed by atoms with van der Waals surface area (Å²) >= 11 is 0. The van der Waals surface area contributed by atoms with E-state index < -0.39 is 34.2 Å². The van der Waals surface area contributed by atoms with E-state index in [2.05, 4.69) is 11.2 Å². The van der Waals surface area contributed by atoms with Crippen LogP contribution in [0.4, 0.5) is 4.79 Å². The van der Waals surface area contributed by atoms with Gasteiger partial charge in [0.2, 0.25) is 12.2 Å². The zero-order valence-electron chi connectivity index (χ0n) is 17.5. The molecule has 0 bridgehead atoms. The van der Waals surface area contributed by atoms with Crippen LogP contribution in [0.1, 0.15) is 26.2 Å². The predicted molar refractivity (Wildman–Crippen MR) is 109 cm³/mol. The predicted octanol–water partition coefficient (Wildman–Crippen LogP) is -0.265. The second-order valence-corrected chi connectivity index (χ2v) is 8.77. The van der Waals surface area contributed by atoms with Crippen molar-refractivity contribution in [3.63, 3.8) is 0 Å². The van der Waals surface area contributed by atoms with Crippen LogP contribution in [0.25, 0.3) is 0 Å². The van der Waals surface area contributed by atoms with Gasteiger partial charge in [0.25, 0.3) is 10.1 Å². The van der Waals surface area contributed by atoms with Crippen LogP contribution in [0.15, 0.2) is 18.7 Å². The lowest BCUT2D eigenvalue weighted by Crippen LogP contribution is -2.45. The first-order valence-electron chi connectivity index (χ1n) is 9.72. The number of aliphatic hydroxyl groups excluding tert-OH is 1. The van der Waals surface area contributed by atoms with E-state index in [1.807, 2.05) is 10.8 Å². The molecule has 0 fully saturated rings. The smallest absolute Gasteiger partial charge is 0.433 e. The fourth-order valence-corrected chi connectivity index (χ4v) is 2.94. The maximum atomic E-state index is 12.4. The monoisotopic (exact) mass is 460 g/mol. The quantitative estimate of drug-likeness (QED) is 0.113. The summed E-state index contributed by atoms with van der Waals surface area (Å²) in [6.07, 6.45) is 10.6. The molecule has 1 aromatic rings. The number of ether oxygens (including phenoxy) is 2. The summed E-state index contributed by atoms with van der Waals surface area (Å²) in [6, 6.07) is 0. The Labute approximate surface area is 182 Å². The number of carbonyl (C=O) groups is 2.